The number of aromatic nitrogens is 4. The quantitative estimate of drug-likeness (QED) is 0.138. The van der Waals surface area contributed by atoms with Gasteiger partial charge in [0, 0.05) is 43.5 Å². The minimum absolute atomic E-state index is 0.214. The van der Waals surface area contributed by atoms with Crippen molar-refractivity contribution in [3.63, 3.8) is 0 Å². The summed E-state index contributed by atoms with van der Waals surface area (Å²) in [7, 11) is 0. The van der Waals surface area contributed by atoms with Crippen LogP contribution in [0.1, 0.15) is 83.3 Å². The fourth-order valence-electron chi connectivity index (χ4n) is 14.0. The van der Waals surface area contributed by atoms with Crippen molar-refractivity contribution in [3.05, 3.63) is 201 Å². The van der Waals surface area contributed by atoms with E-state index in [9.17, 15) is 0 Å². The Morgan fingerprint density at radius 1 is 0.362 bits per heavy atom. The third-order valence-corrected chi connectivity index (χ3v) is 16.1. The molecule has 0 saturated heterocycles. The predicted molar refractivity (Wildman–Crippen MR) is 229 cm³/mol. The molecule has 8 heterocycles. The van der Waals surface area contributed by atoms with Crippen LogP contribution in [0.2, 0.25) is 0 Å². The van der Waals surface area contributed by atoms with E-state index in [0.717, 1.165) is 0 Å². The van der Waals surface area contributed by atoms with Gasteiger partial charge in [0.1, 0.15) is 22.2 Å². The molecule has 58 heavy (non-hydrogen) atoms. The number of pyridine rings is 2. The van der Waals surface area contributed by atoms with E-state index < -0.39 is 11.1 Å². The molecule has 4 nitrogen and oxygen atoms in total. The minimum atomic E-state index is -0.742. The number of fused-ring (bicyclic) bond motifs is 9. The number of rotatable bonds is 0. The Morgan fingerprint density at radius 3 is 1.26 bits per heavy atom. The summed E-state index contributed by atoms with van der Waals surface area (Å²) in [6.07, 6.45) is 4.84. The molecule has 16 rings (SSSR count). The first-order valence-corrected chi connectivity index (χ1v) is 20.9. The lowest BCUT2D eigenvalue weighted by Crippen LogP contribution is -2.80. The van der Waals surface area contributed by atoms with Gasteiger partial charge in [0.05, 0.1) is 28.9 Å². The maximum atomic E-state index is 2.73. The van der Waals surface area contributed by atoms with Crippen molar-refractivity contribution in [1.29, 1.82) is 0 Å². The van der Waals surface area contributed by atoms with Crippen LogP contribution in [0, 0.1) is 0 Å². The van der Waals surface area contributed by atoms with E-state index in [1.165, 1.54) is 122 Å². The minimum Gasteiger partial charge on any atom is -0.190 e. The third-order valence-electron chi connectivity index (χ3n) is 16.1. The number of hydrogen-bond acceptors (Lipinski definition) is 0. The molecule has 0 atom stereocenters. The Labute approximate surface area is 334 Å². The number of benzene rings is 6. The molecule has 10 aromatic rings. The zero-order chi connectivity index (χ0) is 38.0. The second-order valence-corrected chi connectivity index (χ2v) is 18.8. The highest BCUT2D eigenvalue weighted by atomic mass is 15.4. The maximum Gasteiger partial charge on any atom is 0.315 e. The fourth-order valence-corrected chi connectivity index (χ4v) is 14.0. The SMILES string of the molecule is CC1(C)c2ccc[n+]3c2-n2c4c1cccc4c1ccc4c(c12)C31c2c(ccc3c5cccc6c5n(c23)-c2c(ccc[n+]21)C6(C)C)C41c2ccccc2-c2ccccc21. The smallest absolute Gasteiger partial charge is 0.190 e. The van der Waals surface area contributed by atoms with E-state index in [-0.39, 0.29) is 10.8 Å². The lowest BCUT2D eigenvalue weighted by atomic mass is 9.57. The van der Waals surface area contributed by atoms with Crippen molar-refractivity contribution < 1.29 is 9.13 Å². The molecule has 270 valence electrons. The van der Waals surface area contributed by atoms with Crippen LogP contribution >= 0.6 is 0 Å². The molecule has 4 aromatic heterocycles. The van der Waals surface area contributed by atoms with Gasteiger partial charge in [0.25, 0.3) is 11.6 Å². The van der Waals surface area contributed by atoms with Crippen LogP contribution in [-0.2, 0) is 21.9 Å². The largest absolute Gasteiger partial charge is 0.315 e. The maximum absolute atomic E-state index is 2.73. The van der Waals surface area contributed by atoms with Crippen molar-refractivity contribution in [2.75, 3.05) is 0 Å². The normalized spacial score (nSPS) is 18.2. The number of hydrogen-bond donors (Lipinski definition) is 0. The Balaban J connectivity index is 1.29. The molecule has 6 aliphatic rings. The molecule has 0 radical (unpaired) electrons. The van der Waals surface area contributed by atoms with Gasteiger partial charge >= 0.3 is 5.66 Å². The van der Waals surface area contributed by atoms with E-state index in [1.807, 2.05) is 0 Å². The van der Waals surface area contributed by atoms with Crippen LogP contribution in [0.25, 0.3) is 66.4 Å². The van der Waals surface area contributed by atoms with E-state index in [4.69, 9.17) is 0 Å². The van der Waals surface area contributed by atoms with Crippen molar-refractivity contribution in [3.8, 4) is 22.8 Å². The first-order chi connectivity index (χ1) is 28.3. The molecule has 6 aromatic carbocycles. The molecule has 0 unspecified atom stereocenters. The highest BCUT2D eigenvalue weighted by Gasteiger charge is 2.70. The van der Waals surface area contributed by atoms with Crippen molar-refractivity contribution >= 4 is 43.6 Å². The first kappa shape index (κ1) is 29.5. The highest BCUT2D eigenvalue weighted by molar-refractivity contribution is 6.16. The third kappa shape index (κ3) is 2.52. The zero-order valence-corrected chi connectivity index (χ0v) is 32.6. The molecule has 4 aliphatic heterocycles. The molecule has 0 amide bonds. The van der Waals surface area contributed by atoms with Gasteiger partial charge in [-0.15, -0.1) is 0 Å². The summed E-state index contributed by atoms with van der Waals surface area (Å²) in [6.45, 7) is 9.75. The Hall–Kier alpha value is -6.78. The van der Waals surface area contributed by atoms with Gasteiger partial charge in [-0.25, -0.2) is 0 Å². The van der Waals surface area contributed by atoms with Crippen LogP contribution < -0.4 is 9.13 Å². The fraction of sp³-hybridized carbons (Fsp3) is 0.148. The Morgan fingerprint density at radius 2 is 0.776 bits per heavy atom. The number of nitrogens with zero attached hydrogens (tertiary/aromatic N) is 4. The second-order valence-electron chi connectivity index (χ2n) is 18.8. The Bertz CT molecular complexity index is 3510. The molecule has 4 heteroatoms. The molecule has 0 bridgehead atoms. The van der Waals surface area contributed by atoms with Crippen molar-refractivity contribution in [1.82, 2.24) is 9.13 Å². The van der Waals surface area contributed by atoms with Gasteiger partial charge in [0.15, 0.2) is 11.0 Å². The summed E-state index contributed by atoms with van der Waals surface area (Å²) < 4.78 is 10.8. The zero-order valence-electron chi connectivity index (χ0n) is 32.6. The van der Waals surface area contributed by atoms with Crippen LogP contribution in [0.15, 0.2) is 146 Å². The standard InChI is InChI=1S/C54H36N4/c1-51(2)39-19-9-15-31-33-23-25-37-43-47(33)57(45(31)39)49-41(51)21-11-27-55(49)54(43)44-38(53(37)35-17-7-5-13-29(35)30-14-6-8-18-36(30)53)26-24-34-32-16-10-20-40-46(32)58(48(34)44)50-42(52(40,3)4)22-12-28-56(50)54/h5-28H,1-4H3/q+2. The molecule has 2 aliphatic carbocycles. The van der Waals surface area contributed by atoms with Gasteiger partial charge < -0.3 is 0 Å². The van der Waals surface area contributed by atoms with Gasteiger partial charge in [-0.1, -0.05) is 113 Å². The van der Waals surface area contributed by atoms with Gasteiger partial charge in [-0.2, -0.15) is 18.3 Å². The first-order valence-electron chi connectivity index (χ1n) is 20.9. The van der Waals surface area contributed by atoms with E-state index >= 15 is 0 Å². The Kier molecular flexibility index (Phi) is 4.35. The summed E-state index contributed by atoms with van der Waals surface area (Å²) in [4.78, 5) is 0. The van der Waals surface area contributed by atoms with Crippen molar-refractivity contribution in [2.24, 2.45) is 0 Å². The molecule has 0 N–H and O–H groups in total. The highest BCUT2D eigenvalue weighted by Crippen LogP contribution is 2.66. The average molecular weight is 741 g/mol. The van der Waals surface area contributed by atoms with E-state index in [2.05, 4.69) is 192 Å². The summed E-state index contributed by atoms with van der Waals surface area (Å²) in [5.74, 6) is 2.57. The lowest BCUT2D eigenvalue weighted by molar-refractivity contribution is -0.968. The van der Waals surface area contributed by atoms with Crippen LogP contribution in [0.4, 0.5) is 0 Å². The monoisotopic (exact) mass is 740 g/mol. The van der Waals surface area contributed by atoms with Crippen molar-refractivity contribution in [2.45, 2.75) is 49.6 Å². The summed E-state index contributed by atoms with van der Waals surface area (Å²) in [5.41, 5.74) is 20.1. The molecule has 0 fully saturated rings. The van der Waals surface area contributed by atoms with E-state index in [1.54, 1.807) is 0 Å². The average Bonchev–Trinajstić information content (AvgIpc) is 3.88. The van der Waals surface area contributed by atoms with Crippen LogP contribution in [-0.4, -0.2) is 9.13 Å². The van der Waals surface area contributed by atoms with Crippen LogP contribution in [0.5, 0.6) is 0 Å². The molecule has 0 saturated carbocycles. The van der Waals surface area contributed by atoms with E-state index in [0.29, 0.717) is 0 Å². The number of para-hydroxylation sites is 2. The molecular formula is C54H36N4+2. The second kappa shape index (κ2) is 8.56. The summed E-state index contributed by atoms with van der Waals surface area (Å²) in [5, 5.41) is 5.33. The van der Waals surface area contributed by atoms with Gasteiger partial charge in [0.2, 0.25) is 0 Å². The lowest BCUT2D eigenvalue weighted by Gasteiger charge is -2.49. The predicted octanol–water partition coefficient (Wildman–Crippen LogP) is 10.3. The molecule has 2 spiro atoms. The molecular weight excluding hydrogens is 705 g/mol. The summed E-state index contributed by atoms with van der Waals surface area (Å²) >= 11 is 0. The van der Waals surface area contributed by atoms with Gasteiger partial charge in [-0.05, 0) is 81.9 Å². The summed E-state index contributed by atoms with van der Waals surface area (Å²) in [6, 6.07) is 52.2. The van der Waals surface area contributed by atoms with Crippen LogP contribution in [0.3, 0.4) is 0 Å². The van der Waals surface area contributed by atoms with Gasteiger partial charge in [-0.3, -0.25) is 0 Å². The topological polar surface area (TPSA) is 17.6 Å².